The number of hydrogen-bond donors (Lipinski definition) is 0. The molecule has 10 heteroatoms. The van der Waals surface area contributed by atoms with Gasteiger partial charge in [-0.1, -0.05) is 91.0 Å². The first-order chi connectivity index (χ1) is 19.3. The lowest BCUT2D eigenvalue weighted by Gasteiger charge is -2.32. The minimum absolute atomic E-state index is 0.0323. The number of rotatable bonds is 15. The summed E-state index contributed by atoms with van der Waals surface area (Å²) in [5, 5.41) is 0.0736. The van der Waals surface area contributed by atoms with Crippen LogP contribution in [0.1, 0.15) is 38.8 Å². The Kier molecular flexibility index (Phi) is 12.1. The minimum atomic E-state index is -4.29. The Balaban J connectivity index is 2.56. The molecule has 0 aliphatic heterocycles. The van der Waals surface area contributed by atoms with Gasteiger partial charge in [-0.3, -0.25) is 9.13 Å². The van der Waals surface area contributed by atoms with E-state index >= 15 is 4.57 Å². The molecule has 0 saturated carbocycles. The predicted molar refractivity (Wildman–Crippen MR) is 164 cm³/mol. The Bertz CT molecular complexity index is 1310. The van der Waals surface area contributed by atoms with Gasteiger partial charge in [0.15, 0.2) is 7.14 Å². The van der Waals surface area contributed by atoms with Crippen LogP contribution in [0.5, 0.6) is 0 Å². The predicted octanol–water partition coefficient (Wildman–Crippen LogP) is 9.20. The number of hydrogen-bond acceptors (Lipinski definition) is 7. The van der Waals surface area contributed by atoms with Crippen molar-refractivity contribution in [3.05, 3.63) is 112 Å². The molecule has 40 heavy (non-hydrogen) atoms. The van der Waals surface area contributed by atoms with Gasteiger partial charge in [-0.2, -0.15) is 0 Å². The molecule has 0 bridgehead atoms. The molecule has 0 aliphatic carbocycles. The van der Waals surface area contributed by atoms with Gasteiger partial charge in [0.2, 0.25) is 0 Å². The lowest BCUT2D eigenvalue weighted by atomic mass is 10.2. The van der Waals surface area contributed by atoms with Gasteiger partial charge in [0.25, 0.3) is 0 Å². The van der Waals surface area contributed by atoms with E-state index in [2.05, 4.69) is 0 Å². The fraction of sp³-hybridized carbons (Fsp3) is 0.267. The molecule has 3 aromatic carbocycles. The quantitative estimate of drug-likeness (QED) is 0.160. The van der Waals surface area contributed by atoms with Crippen molar-refractivity contribution in [3.8, 4) is 0 Å². The summed E-state index contributed by atoms with van der Waals surface area (Å²) in [5.74, 6) is 0. The first-order valence-corrected chi connectivity index (χ1v) is 18.1. The summed E-state index contributed by atoms with van der Waals surface area (Å²) in [6.45, 7) is 6.87. The molecule has 0 unspecified atom stereocenters. The summed E-state index contributed by atoms with van der Waals surface area (Å²) in [6, 6.07) is 26.7. The summed E-state index contributed by atoms with van der Waals surface area (Å²) in [5.41, 5.74) is 1.24. The lowest BCUT2D eigenvalue weighted by molar-refractivity contribution is 0.228. The van der Waals surface area contributed by atoms with Crippen LogP contribution in [0.4, 0.5) is 0 Å². The summed E-state index contributed by atoms with van der Waals surface area (Å²) < 4.78 is 68.5. The smallest absolute Gasteiger partial charge is 0.308 e. The molecule has 0 spiro atoms. The van der Waals surface area contributed by atoms with Gasteiger partial charge in [-0.05, 0) is 51.0 Å². The fourth-order valence-corrected chi connectivity index (χ4v) is 13.8. The Morgan fingerprint density at radius 3 is 1.12 bits per heavy atom. The third-order valence-corrected chi connectivity index (χ3v) is 15.2. The molecule has 0 amide bonds. The van der Waals surface area contributed by atoms with Crippen molar-refractivity contribution in [2.75, 3.05) is 26.4 Å². The molecule has 0 heterocycles. The van der Waals surface area contributed by atoms with E-state index in [0.29, 0.717) is 16.4 Å². The second kappa shape index (κ2) is 15.1. The summed E-state index contributed by atoms with van der Waals surface area (Å²) >= 11 is 0. The van der Waals surface area contributed by atoms with Crippen molar-refractivity contribution in [3.63, 3.8) is 0 Å². The normalized spacial score (nSPS) is 14.6. The van der Waals surface area contributed by atoms with Crippen LogP contribution in [0.2, 0.25) is 0 Å². The topological polar surface area (TPSA) is 88.1 Å². The zero-order chi connectivity index (χ0) is 29.1. The maximum atomic E-state index is 16.0. The van der Waals surface area contributed by atoms with Gasteiger partial charge in [0.1, 0.15) is 10.1 Å². The van der Waals surface area contributed by atoms with E-state index in [1.807, 2.05) is 36.4 Å². The third kappa shape index (κ3) is 7.49. The molecule has 7 nitrogen and oxygen atoms in total. The second-order valence-corrected chi connectivity index (χ2v) is 15.8. The summed E-state index contributed by atoms with van der Waals surface area (Å²) in [6.07, 6.45) is 3.11. The molecule has 0 aliphatic rings. The Morgan fingerprint density at radius 1 is 0.525 bits per heavy atom. The van der Waals surface area contributed by atoms with E-state index in [-0.39, 0.29) is 36.5 Å². The highest BCUT2D eigenvalue weighted by molar-refractivity contribution is 7.97. The van der Waals surface area contributed by atoms with Gasteiger partial charge in [-0.15, -0.1) is 0 Å². The largest absolute Gasteiger partial charge is 0.365 e. The first kappa shape index (κ1) is 32.2. The van der Waals surface area contributed by atoms with E-state index in [9.17, 15) is 9.13 Å². The Labute approximate surface area is 237 Å². The molecule has 0 saturated heterocycles. The van der Waals surface area contributed by atoms with E-state index in [0.717, 1.165) is 0 Å². The first-order valence-electron chi connectivity index (χ1n) is 13.3. The van der Waals surface area contributed by atoms with Gasteiger partial charge < -0.3 is 22.7 Å². The fourth-order valence-electron chi connectivity index (χ4n) is 4.12. The summed E-state index contributed by atoms with van der Waals surface area (Å²) in [4.78, 5) is 0. The Hall–Kier alpha value is -2.33. The maximum absolute atomic E-state index is 16.0. The molecular weight excluding hydrogens is 565 g/mol. The zero-order valence-corrected chi connectivity index (χ0v) is 26.0. The van der Waals surface area contributed by atoms with E-state index in [4.69, 9.17) is 18.1 Å². The molecule has 0 fully saturated rings. The van der Waals surface area contributed by atoms with Crippen molar-refractivity contribution in [2.45, 2.75) is 27.7 Å². The molecule has 214 valence electrons. The molecule has 0 atom stereocenters. The van der Waals surface area contributed by atoms with Crippen molar-refractivity contribution in [2.24, 2.45) is 0 Å². The van der Waals surface area contributed by atoms with Crippen LogP contribution < -0.4 is 5.30 Å². The highest BCUT2D eigenvalue weighted by Gasteiger charge is 2.52. The Morgan fingerprint density at radius 2 is 0.825 bits per heavy atom. The molecule has 3 aromatic rings. The van der Waals surface area contributed by atoms with E-state index in [1.54, 1.807) is 94.4 Å². The molecule has 0 N–H and O–H groups in total. The average molecular weight is 603 g/mol. The van der Waals surface area contributed by atoms with Crippen molar-refractivity contribution in [1.82, 2.24) is 0 Å². The lowest BCUT2D eigenvalue weighted by Crippen LogP contribution is -2.13. The monoisotopic (exact) mass is 602 g/mol. The second-order valence-electron chi connectivity index (χ2n) is 8.44. The average Bonchev–Trinajstić information content (AvgIpc) is 2.96. The maximum Gasteiger partial charge on any atom is 0.365 e. The van der Waals surface area contributed by atoms with Gasteiger partial charge in [0.05, 0.1) is 26.4 Å². The third-order valence-electron chi connectivity index (χ3n) is 5.71. The van der Waals surface area contributed by atoms with Crippen molar-refractivity contribution >= 4 is 39.8 Å². The molecule has 0 aromatic heterocycles. The van der Waals surface area contributed by atoms with Crippen LogP contribution in [0, 0.1) is 0 Å². The molecule has 0 radical (unpaired) electrons. The standard InChI is InChI=1S/C30H37O7P3/c1-5-34-39(32,35-6-2)29(24-26-18-12-9-13-19-26)38(31,28-22-16-11-17-23-28)30(25-27-20-14-10-15-21-27)40(33,36-7-3)37-8-4/h9-25H,5-8H2,1-4H3/b29-24-,30-25-. The van der Waals surface area contributed by atoms with Gasteiger partial charge in [-0.25, -0.2) is 0 Å². The van der Waals surface area contributed by atoms with Crippen LogP contribution in [-0.4, -0.2) is 26.4 Å². The SMILES string of the molecule is CCOP(=O)(OCC)/C(=C\c1ccccc1)P(=O)(/C(=C/c1ccccc1)P(=O)(OCC)OCC)c1ccccc1. The highest BCUT2D eigenvalue weighted by Crippen LogP contribution is 2.83. The van der Waals surface area contributed by atoms with E-state index < -0.39 is 22.3 Å². The van der Waals surface area contributed by atoms with Crippen molar-refractivity contribution in [1.29, 1.82) is 0 Å². The van der Waals surface area contributed by atoms with Crippen LogP contribution >= 0.6 is 22.3 Å². The summed E-state index contributed by atoms with van der Waals surface area (Å²) in [7, 11) is -12.7. The molecular formula is C30H37O7P3. The van der Waals surface area contributed by atoms with Crippen LogP contribution in [0.3, 0.4) is 0 Å². The van der Waals surface area contributed by atoms with E-state index in [1.165, 1.54) is 0 Å². The minimum Gasteiger partial charge on any atom is -0.308 e. The van der Waals surface area contributed by atoms with Gasteiger partial charge >= 0.3 is 15.2 Å². The van der Waals surface area contributed by atoms with Crippen LogP contribution in [-0.2, 0) is 31.8 Å². The number of benzene rings is 3. The highest BCUT2D eigenvalue weighted by atomic mass is 31.3. The van der Waals surface area contributed by atoms with Gasteiger partial charge in [0, 0.05) is 5.30 Å². The van der Waals surface area contributed by atoms with Crippen molar-refractivity contribution < 1.29 is 31.8 Å². The van der Waals surface area contributed by atoms with Crippen LogP contribution in [0.25, 0.3) is 12.2 Å². The molecule has 3 rings (SSSR count). The van der Waals surface area contributed by atoms with Crippen LogP contribution in [0.15, 0.2) is 101 Å². The zero-order valence-electron chi connectivity index (χ0n) is 23.3.